The first kappa shape index (κ1) is 12.6. The van der Waals surface area contributed by atoms with Gasteiger partial charge in [0.05, 0.1) is 5.60 Å². The number of hydrogen-bond acceptors (Lipinski definition) is 2. The molecule has 2 aliphatic carbocycles. The summed E-state index contributed by atoms with van der Waals surface area (Å²) in [6.07, 6.45) is 3.05. The summed E-state index contributed by atoms with van der Waals surface area (Å²) in [6, 6.07) is 0. The van der Waals surface area contributed by atoms with Crippen LogP contribution in [0.5, 0.6) is 0 Å². The molecule has 1 N–H and O–H groups in total. The predicted octanol–water partition coefficient (Wildman–Crippen LogP) is 3.16. The number of carbonyl (C=O) groups is 1. The average molecular weight is 234 g/mol. The Hall–Kier alpha value is -0.890. The van der Waals surface area contributed by atoms with E-state index >= 15 is 0 Å². The highest BCUT2D eigenvalue weighted by atomic mass is 16.3. The molecule has 0 aromatic carbocycles. The number of Topliss-reactive ketones (excluding diaryl/α,β-unsaturated/α-hetero) is 1. The molecule has 17 heavy (non-hydrogen) atoms. The fourth-order valence-corrected chi connectivity index (χ4v) is 3.23. The van der Waals surface area contributed by atoms with Gasteiger partial charge in [-0.05, 0) is 52.5 Å². The lowest BCUT2D eigenvalue weighted by Gasteiger charge is -2.26. The summed E-state index contributed by atoms with van der Waals surface area (Å²) in [5.74, 6) is 0.402. The van der Waals surface area contributed by atoms with E-state index < -0.39 is 5.60 Å². The monoisotopic (exact) mass is 234 g/mol. The fourth-order valence-electron chi connectivity index (χ4n) is 3.23. The van der Waals surface area contributed by atoms with E-state index in [4.69, 9.17) is 0 Å². The first-order valence-electron chi connectivity index (χ1n) is 6.43. The topological polar surface area (TPSA) is 37.3 Å². The van der Waals surface area contributed by atoms with Gasteiger partial charge in [-0.15, -0.1) is 0 Å². The van der Waals surface area contributed by atoms with Crippen molar-refractivity contribution in [2.75, 3.05) is 0 Å². The quantitative estimate of drug-likeness (QED) is 0.516. The van der Waals surface area contributed by atoms with Crippen LogP contribution in [0.1, 0.15) is 53.4 Å². The second-order valence-electron chi connectivity index (χ2n) is 6.00. The van der Waals surface area contributed by atoms with Gasteiger partial charge < -0.3 is 5.11 Å². The van der Waals surface area contributed by atoms with Gasteiger partial charge in [0, 0.05) is 12.3 Å². The largest absolute Gasteiger partial charge is 0.390 e. The number of fused-ring (bicyclic) bond motifs is 1. The Morgan fingerprint density at radius 3 is 2.65 bits per heavy atom. The van der Waals surface area contributed by atoms with Crippen LogP contribution in [0.4, 0.5) is 0 Å². The van der Waals surface area contributed by atoms with E-state index in [2.05, 4.69) is 6.92 Å². The fraction of sp³-hybridized carbons (Fsp3) is 0.667. The SMILES string of the molecule is CC(C)=C1CC2C(=C(C)CC1=O)CC[C@]2(C)O. The summed E-state index contributed by atoms with van der Waals surface area (Å²) in [5, 5.41) is 10.5. The number of hydrogen-bond donors (Lipinski definition) is 1. The molecule has 2 nitrogen and oxygen atoms in total. The zero-order valence-corrected chi connectivity index (χ0v) is 11.3. The van der Waals surface area contributed by atoms with Crippen molar-refractivity contribution < 1.29 is 9.90 Å². The zero-order valence-electron chi connectivity index (χ0n) is 11.3. The molecule has 0 amide bonds. The first-order valence-corrected chi connectivity index (χ1v) is 6.43. The van der Waals surface area contributed by atoms with E-state index in [0.717, 1.165) is 30.4 Å². The third-order valence-corrected chi connectivity index (χ3v) is 4.39. The number of carbonyl (C=O) groups excluding carboxylic acids is 1. The van der Waals surface area contributed by atoms with Crippen LogP contribution in [0.15, 0.2) is 22.3 Å². The molecule has 2 heteroatoms. The van der Waals surface area contributed by atoms with Gasteiger partial charge in [-0.3, -0.25) is 4.79 Å². The van der Waals surface area contributed by atoms with Crippen molar-refractivity contribution in [1.29, 1.82) is 0 Å². The maximum absolute atomic E-state index is 12.1. The summed E-state index contributed by atoms with van der Waals surface area (Å²) >= 11 is 0. The van der Waals surface area contributed by atoms with Gasteiger partial charge in [0.15, 0.2) is 5.78 Å². The first-order chi connectivity index (χ1) is 7.83. The smallest absolute Gasteiger partial charge is 0.162 e. The molecule has 0 heterocycles. The van der Waals surface area contributed by atoms with Crippen molar-refractivity contribution in [3.8, 4) is 0 Å². The molecule has 0 bridgehead atoms. The van der Waals surface area contributed by atoms with Crippen molar-refractivity contribution in [3.63, 3.8) is 0 Å². The predicted molar refractivity (Wildman–Crippen MR) is 68.7 cm³/mol. The normalized spacial score (nSPS) is 33.8. The summed E-state index contributed by atoms with van der Waals surface area (Å²) < 4.78 is 0. The maximum atomic E-state index is 12.1. The Morgan fingerprint density at radius 1 is 1.41 bits per heavy atom. The van der Waals surface area contributed by atoms with Gasteiger partial charge in [-0.1, -0.05) is 16.7 Å². The molecule has 1 saturated carbocycles. The van der Waals surface area contributed by atoms with E-state index in [1.165, 1.54) is 11.1 Å². The Morgan fingerprint density at radius 2 is 2.06 bits per heavy atom. The second-order valence-corrected chi connectivity index (χ2v) is 6.00. The second kappa shape index (κ2) is 4.09. The molecule has 0 spiro atoms. The number of ketones is 1. The van der Waals surface area contributed by atoms with Gasteiger partial charge in [0.25, 0.3) is 0 Å². The molecule has 0 aromatic heterocycles. The van der Waals surface area contributed by atoms with Crippen LogP contribution in [0, 0.1) is 5.92 Å². The summed E-state index contributed by atoms with van der Waals surface area (Å²) in [4.78, 5) is 12.1. The molecule has 0 radical (unpaired) electrons. The molecule has 2 rings (SSSR count). The Labute approximate surface area is 103 Å². The molecule has 0 aliphatic heterocycles. The average Bonchev–Trinajstić information content (AvgIpc) is 2.41. The minimum Gasteiger partial charge on any atom is -0.390 e. The Balaban J connectivity index is 2.46. The van der Waals surface area contributed by atoms with Crippen molar-refractivity contribution >= 4 is 5.78 Å². The minimum absolute atomic E-state index is 0.152. The summed E-state index contributed by atoms with van der Waals surface area (Å²) in [6.45, 7) is 7.96. The molecule has 1 fully saturated rings. The highest BCUT2D eigenvalue weighted by Gasteiger charge is 2.43. The van der Waals surface area contributed by atoms with Crippen molar-refractivity contribution in [2.24, 2.45) is 5.92 Å². The standard InChI is InChI=1S/C15H22O2/c1-9(2)12-8-13-11(5-6-15(13,4)17)10(3)7-14(12)16/h13,17H,5-8H2,1-4H3/t13?,15-/m0/s1. The maximum Gasteiger partial charge on any atom is 0.162 e. The summed E-state index contributed by atoms with van der Waals surface area (Å²) in [5.41, 5.74) is 3.92. The van der Waals surface area contributed by atoms with Crippen LogP contribution in [0.25, 0.3) is 0 Å². The van der Waals surface area contributed by atoms with E-state index in [1.54, 1.807) is 0 Å². The van der Waals surface area contributed by atoms with E-state index in [0.29, 0.717) is 6.42 Å². The van der Waals surface area contributed by atoms with Crippen molar-refractivity contribution in [2.45, 2.75) is 59.0 Å². The Bertz CT molecular complexity index is 420. The van der Waals surface area contributed by atoms with Crippen LogP contribution >= 0.6 is 0 Å². The number of rotatable bonds is 0. The van der Waals surface area contributed by atoms with Crippen LogP contribution in [0.3, 0.4) is 0 Å². The number of aliphatic hydroxyl groups is 1. The van der Waals surface area contributed by atoms with Crippen molar-refractivity contribution in [3.05, 3.63) is 22.3 Å². The van der Waals surface area contributed by atoms with Crippen LogP contribution < -0.4 is 0 Å². The van der Waals surface area contributed by atoms with Crippen LogP contribution in [-0.2, 0) is 4.79 Å². The van der Waals surface area contributed by atoms with Crippen LogP contribution in [-0.4, -0.2) is 16.5 Å². The molecule has 0 aromatic rings. The van der Waals surface area contributed by atoms with Crippen molar-refractivity contribution in [1.82, 2.24) is 0 Å². The lowest BCUT2D eigenvalue weighted by Crippen LogP contribution is -2.30. The van der Waals surface area contributed by atoms with Gasteiger partial charge in [-0.25, -0.2) is 0 Å². The minimum atomic E-state index is -0.637. The van der Waals surface area contributed by atoms with E-state index in [1.807, 2.05) is 20.8 Å². The van der Waals surface area contributed by atoms with Gasteiger partial charge >= 0.3 is 0 Å². The number of allylic oxidation sites excluding steroid dienone is 3. The molecular weight excluding hydrogens is 212 g/mol. The third kappa shape index (κ3) is 2.11. The van der Waals surface area contributed by atoms with Gasteiger partial charge in [0.1, 0.15) is 0 Å². The third-order valence-electron chi connectivity index (χ3n) is 4.39. The van der Waals surface area contributed by atoms with E-state index in [9.17, 15) is 9.90 Å². The molecule has 1 unspecified atom stereocenters. The van der Waals surface area contributed by atoms with Gasteiger partial charge in [0.2, 0.25) is 0 Å². The lowest BCUT2D eigenvalue weighted by molar-refractivity contribution is -0.115. The highest BCUT2D eigenvalue weighted by Crippen LogP contribution is 2.47. The van der Waals surface area contributed by atoms with Crippen LogP contribution in [0.2, 0.25) is 0 Å². The molecular formula is C15H22O2. The summed E-state index contributed by atoms with van der Waals surface area (Å²) in [7, 11) is 0. The molecule has 2 atom stereocenters. The lowest BCUT2D eigenvalue weighted by atomic mass is 9.84. The molecule has 94 valence electrons. The zero-order chi connectivity index (χ0) is 12.8. The molecule has 2 aliphatic rings. The molecule has 0 saturated heterocycles. The Kier molecular flexibility index (Phi) is 3.03. The highest BCUT2D eigenvalue weighted by molar-refractivity contribution is 5.98. The van der Waals surface area contributed by atoms with Gasteiger partial charge in [-0.2, -0.15) is 0 Å². The van der Waals surface area contributed by atoms with E-state index in [-0.39, 0.29) is 11.7 Å².